The molecule has 1 unspecified atom stereocenters. The maximum absolute atomic E-state index is 15.2. The van der Waals surface area contributed by atoms with Crippen LogP contribution in [0.1, 0.15) is 62.0 Å². The molecule has 1 aliphatic rings. The van der Waals surface area contributed by atoms with E-state index in [0.29, 0.717) is 23.1 Å². The van der Waals surface area contributed by atoms with Crippen LogP contribution in [0.3, 0.4) is 0 Å². The molecule has 0 N–H and O–H groups in total. The number of hydrogen-bond acceptors (Lipinski definition) is 3. The third-order valence-corrected chi connectivity index (χ3v) is 6.35. The van der Waals surface area contributed by atoms with Crippen LogP contribution in [-0.4, -0.2) is 16.1 Å². The van der Waals surface area contributed by atoms with Crippen molar-refractivity contribution >= 4 is 41.0 Å². The third-order valence-electron chi connectivity index (χ3n) is 5.82. The van der Waals surface area contributed by atoms with Crippen LogP contribution in [0, 0.1) is 12.7 Å². The Balaban J connectivity index is 1.99. The molecule has 0 spiro atoms. The number of aliphatic imine (C=N–C) groups is 1. The lowest BCUT2D eigenvalue weighted by molar-refractivity contribution is 0.613. The monoisotopic (exact) mass is 484 g/mol. The molecule has 0 amide bonds. The van der Waals surface area contributed by atoms with E-state index < -0.39 is 5.82 Å². The van der Waals surface area contributed by atoms with Gasteiger partial charge < -0.3 is 4.90 Å². The zero-order chi connectivity index (χ0) is 23.9. The summed E-state index contributed by atoms with van der Waals surface area (Å²) in [7, 11) is 0. The normalized spacial score (nSPS) is 15.2. The maximum atomic E-state index is 15.2. The van der Waals surface area contributed by atoms with Gasteiger partial charge in [-0.1, -0.05) is 60.8 Å². The Bertz CT molecular complexity index is 1260. The number of aromatic nitrogens is 2. The standard InChI is InChI=1S/C26H27Cl2FN4/c1-15(2)11-12-33-24(16(3)4)22-25(19-10-9-18(27)13-17(19)5)32(14-30-26(22)31-33)21-8-6-7-20(28)23(21)29/h6-11,13-14,16,25H,12H2,1-5H3. The molecule has 0 saturated heterocycles. The molecule has 4 nitrogen and oxygen atoms in total. The van der Waals surface area contributed by atoms with Crippen molar-refractivity contribution in [2.45, 2.75) is 53.1 Å². The molecule has 1 atom stereocenters. The number of rotatable bonds is 5. The number of aryl methyl sites for hydroxylation is 1. The van der Waals surface area contributed by atoms with Crippen LogP contribution in [0.25, 0.3) is 0 Å². The smallest absolute Gasteiger partial charge is 0.181 e. The molecule has 0 saturated carbocycles. The highest BCUT2D eigenvalue weighted by Gasteiger charge is 2.36. The van der Waals surface area contributed by atoms with Crippen LogP contribution in [-0.2, 0) is 6.54 Å². The summed E-state index contributed by atoms with van der Waals surface area (Å²) in [6, 6.07) is 10.5. The van der Waals surface area contributed by atoms with E-state index in [1.165, 1.54) is 5.57 Å². The number of fused-ring (bicyclic) bond motifs is 1. The van der Waals surface area contributed by atoms with Crippen molar-refractivity contribution < 1.29 is 4.39 Å². The first-order valence-electron chi connectivity index (χ1n) is 11.0. The molecule has 172 valence electrons. The number of halogens is 3. The molecule has 1 aromatic heterocycles. The fourth-order valence-corrected chi connectivity index (χ4v) is 4.71. The van der Waals surface area contributed by atoms with E-state index in [2.05, 4.69) is 38.8 Å². The van der Waals surface area contributed by atoms with Crippen LogP contribution in [0.2, 0.25) is 10.0 Å². The van der Waals surface area contributed by atoms with Gasteiger partial charge in [0.2, 0.25) is 0 Å². The van der Waals surface area contributed by atoms with Gasteiger partial charge >= 0.3 is 0 Å². The van der Waals surface area contributed by atoms with Gasteiger partial charge in [-0.3, -0.25) is 4.68 Å². The second kappa shape index (κ2) is 9.32. The second-order valence-electron chi connectivity index (χ2n) is 8.87. The lowest BCUT2D eigenvalue weighted by Crippen LogP contribution is -2.32. The molecule has 0 bridgehead atoms. The van der Waals surface area contributed by atoms with Crippen LogP contribution in [0.15, 0.2) is 53.0 Å². The summed E-state index contributed by atoms with van der Waals surface area (Å²) < 4.78 is 17.2. The lowest BCUT2D eigenvalue weighted by atomic mass is 9.89. The predicted molar refractivity (Wildman–Crippen MR) is 136 cm³/mol. The van der Waals surface area contributed by atoms with Gasteiger partial charge in [-0.15, -0.1) is 0 Å². The number of nitrogens with zero attached hydrogens (tertiary/aromatic N) is 4. The van der Waals surface area contributed by atoms with Crippen LogP contribution in [0.5, 0.6) is 0 Å². The van der Waals surface area contributed by atoms with Crippen molar-refractivity contribution in [3.8, 4) is 0 Å². The molecule has 3 aromatic rings. The van der Waals surface area contributed by atoms with E-state index in [1.54, 1.807) is 24.5 Å². The summed E-state index contributed by atoms with van der Waals surface area (Å²) in [5, 5.41) is 5.56. The first-order chi connectivity index (χ1) is 15.7. The van der Waals surface area contributed by atoms with Crippen LogP contribution >= 0.6 is 23.2 Å². The molecular formula is C26H27Cl2FN4. The summed E-state index contributed by atoms with van der Waals surface area (Å²) >= 11 is 12.4. The molecule has 4 rings (SSSR count). The average Bonchev–Trinajstić information content (AvgIpc) is 3.13. The summed E-state index contributed by atoms with van der Waals surface area (Å²) in [5.74, 6) is 0.355. The van der Waals surface area contributed by atoms with E-state index in [-0.39, 0.29) is 17.0 Å². The van der Waals surface area contributed by atoms with E-state index in [4.69, 9.17) is 28.3 Å². The number of benzene rings is 2. The fourth-order valence-electron chi connectivity index (χ4n) is 4.32. The van der Waals surface area contributed by atoms with Gasteiger partial charge in [-0.05, 0) is 62.1 Å². The Kier molecular flexibility index (Phi) is 6.64. The van der Waals surface area contributed by atoms with Crippen molar-refractivity contribution in [2.24, 2.45) is 4.99 Å². The van der Waals surface area contributed by atoms with Gasteiger partial charge in [0.25, 0.3) is 0 Å². The zero-order valence-corrected chi connectivity index (χ0v) is 20.9. The molecule has 7 heteroatoms. The van der Waals surface area contributed by atoms with E-state index in [0.717, 1.165) is 22.4 Å². The third kappa shape index (κ3) is 4.44. The van der Waals surface area contributed by atoms with E-state index in [9.17, 15) is 0 Å². The van der Waals surface area contributed by atoms with Crippen LogP contribution < -0.4 is 4.90 Å². The predicted octanol–water partition coefficient (Wildman–Crippen LogP) is 8.00. The number of anilines is 1. The first kappa shape index (κ1) is 23.5. The second-order valence-corrected chi connectivity index (χ2v) is 9.71. The number of hydrogen-bond donors (Lipinski definition) is 0. The topological polar surface area (TPSA) is 33.4 Å². The minimum atomic E-state index is -0.478. The minimum Gasteiger partial charge on any atom is -0.318 e. The summed E-state index contributed by atoms with van der Waals surface area (Å²) in [5.41, 5.74) is 5.64. The van der Waals surface area contributed by atoms with E-state index >= 15 is 4.39 Å². The SMILES string of the molecule is CC(C)=CCn1nc2c(c1C(C)C)C(c1ccc(Cl)cc1C)N(c1cccc(Cl)c1F)C=N2. The van der Waals surface area contributed by atoms with Crippen LogP contribution in [0.4, 0.5) is 15.9 Å². The highest BCUT2D eigenvalue weighted by Crippen LogP contribution is 2.45. The summed E-state index contributed by atoms with van der Waals surface area (Å²) in [6.07, 6.45) is 3.79. The Morgan fingerprint density at radius 2 is 1.94 bits per heavy atom. The van der Waals surface area contributed by atoms with Gasteiger partial charge in [-0.25, -0.2) is 9.38 Å². The fraction of sp³-hybridized carbons (Fsp3) is 0.308. The Morgan fingerprint density at radius 1 is 1.18 bits per heavy atom. The molecule has 1 aliphatic heterocycles. The van der Waals surface area contributed by atoms with E-state index in [1.807, 2.05) is 34.7 Å². The molecule has 33 heavy (non-hydrogen) atoms. The Labute approximate surface area is 204 Å². The zero-order valence-electron chi connectivity index (χ0n) is 19.4. The molecule has 0 aliphatic carbocycles. The Morgan fingerprint density at radius 3 is 2.61 bits per heavy atom. The summed E-state index contributed by atoms with van der Waals surface area (Å²) in [6.45, 7) is 11.1. The van der Waals surface area contributed by atoms with Gasteiger partial charge in [-0.2, -0.15) is 5.10 Å². The van der Waals surface area contributed by atoms with Crippen molar-refractivity contribution in [3.05, 3.63) is 86.3 Å². The summed E-state index contributed by atoms with van der Waals surface area (Å²) in [4.78, 5) is 6.49. The lowest BCUT2D eigenvalue weighted by Gasteiger charge is -2.35. The van der Waals surface area contributed by atoms with Crippen molar-refractivity contribution in [1.29, 1.82) is 0 Å². The molecular weight excluding hydrogens is 458 g/mol. The quantitative estimate of drug-likeness (QED) is 0.343. The highest BCUT2D eigenvalue weighted by atomic mass is 35.5. The Hall–Kier alpha value is -2.63. The maximum Gasteiger partial charge on any atom is 0.181 e. The van der Waals surface area contributed by atoms with Gasteiger partial charge in [0.1, 0.15) is 0 Å². The van der Waals surface area contributed by atoms with Gasteiger partial charge in [0.05, 0.1) is 29.6 Å². The van der Waals surface area contributed by atoms with Gasteiger partial charge in [0.15, 0.2) is 11.6 Å². The first-order valence-corrected chi connectivity index (χ1v) is 11.7. The van der Waals surface area contributed by atoms with Crippen molar-refractivity contribution in [1.82, 2.24) is 9.78 Å². The number of allylic oxidation sites excluding steroid dienone is 2. The minimum absolute atomic E-state index is 0.0709. The van der Waals surface area contributed by atoms with Crippen molar-refractivity contribution in [2.75, 3.05) is 4.90 Å². The van der Waals surface area contributed by atoms with Crippen molar-refractivity contribution in [3.63, 3.8) is 0 Å². The average molecular weight is 485 g/mol. The largest absolute Gasteiger partial charge is 0.318 e. The highest BCUT2D eigenvalue weighted by molar-refractivity contribution is 6.31. The van der Waals surface area contributed by atoms with Gasteiger partial charge in [0, 0.05) is 16.3 Å². The molecule has 2 aromatic carbocycles. The molecule has 0 radical (unpaired) electrons. The molecule has 2 heterocycles. The molecule has 0 fully saturated rings.